The molecule has 4 N–H and O–H groups in total. The van der Waals surface area contributed by atoms with Gasteiger partial charge in [0.1, 0.15) is 5.52 Å². The lowest BCUT2D eigenvalue weighted by Crippen LogP contribution is -2.33. The summed E-state index contributed by atoms with van der Waals surface area (Å²) in [4.78, 5) is 15.2. The molecule has 0 atom stereocenters. The molecule has 0 fully saturated rings. The van der Waals surface area contributed by atoms with Gasteiger partial charge < -0.3 is 20.8 Å². The van der Waals surface area contributed by atoms with Gasteiger partial charge in [-0.2, -0.15) is 9.97 Å². The van der Waals surface area contributed by atoms with E-state index in [0.717, 1.165) is 5.52 Å². The molecule has 0 saturated carbocycles. The quantitative estimate of drug-likeness (QED) is 0.736. The van der Waals surface area contributed by atoms with E-state index < -0.39 is 0 Å². The number of fused-ring (bicyclic) bond motifs is 1. The lowest BCUT2D eigenvalue weighted by molar-refractivity contribution is 0.000662. The second kappa shape index (κ2) is 4.77. The molecule has 0 spiro atoms. The van der Waals surface area contributed by atoms with Crippen LogP contribution in [0.2, 0.25) is 0 Å². The Morgan fingerprint density at radius 3 is 2.94 bits per heavy atom. The number of nitrogen functional groups attached to an aromatic ring is 1. The minimum Gasteiger partial charge on any atom is -0.374 e. The Bertz CT molecular complexity index is 535. The first kappa shape index (κ1) is 12.6. The van der Waals surface area contributed by atoms with E-state index in [9.17, 15) is 0 Å². The van der Waals surface area contributed by atoms with Crippen LogP contribution in [0.5, 0.6) is 0 Å². The van der Waals surface area contributed by atoms with Gasteiger partial charge in [0.2, 0.25) is 5.95 Å². The smallest absolute Gasteiger partial charge is 0.224 e. The number of anilines is 2. The molecule has 0 bridgehead atoms. The van der Waals surface area contributed by atoms with Gasteiger partial charge in [0.05, 0.1) is 11.9 Å². The van der Waals surface area contributed by atoms with Crippen molar-refractivity contribution in [3.05, 3.63) is 6.33 Å². The van der Waals surface area contributed by atoms with Gasteiger partial charge in [-0.25, -0.2) is 4.98 Å². The molecule has 98 valence electrons. The molecule has 0 aromatic carbocycles. The predicted molar refractivity (Wildman–Crippen MR) is 70.3 cm³/mol. The Morgan fingerprint density at radius 2 is 2.22 bits per heavy atom. The highest BCUT2D eigenvalue weighted by atomic mass is 16.5. The van der Waals surface area contributed by atoms with Crippen molar-refractivity contribution < 1.29 is 4.74 Å². The van der Waals surface area contributed by atoms with Crippen LogP contribution in [0.3, 0.4) is 0 Å². The molecule has 2 heterocycles. The largest absolute Gasteiger partial charge is 0.374 e. The van der Waals surface area contributed by atoms with Crippen molar-refractivity contribution in [2.24, 2.45) is 0 Å². The number of nitrogens with zero attached hydrogens (tertiary/aromatic N) is 3. The first-order chi connectivity index (χ1) is 8.52. The zero-order chi connectivity index (χ0) is 13.2. The molecule has 0 aliphatic heterocycles. The molecule has 0 amide bonds. The third-order valence-electron chi connectivity index (χ3n) is 2.52. The van der Waals surface area contributed by atoms with Gasteiger partial charge in [-0.3, -0.25) is 0 Å². The van der Waals surface area contributed by atoms with Gasteiger partial charge in [-0.15, -0.1) is 0 Å². The van der Waals surface area contributed by atoms with Gasteiger partial charge in [-0.1, -0.05) is 0 Å². The van der Waals surface area contributed by atoms with E-state index in [1.807, 2.05) is 20.8 Å². The minimum absolute atomic E-state index is 0.200. The molecular weight excluding hydrogens is 232 g/mol. The molecule has 7 heteroatoms. The van der Waals surface area contributed by atoms with Crippen LogP contribution in [0.4, 0.5) is 11.8 Å². The third-order valence-corrected chi connectivity index (χ3v) is 2.52. The van der Waals surface area contributed by atoms with Crippen LogP contribution < -0.4 is 11.1 Å². The van der Waals surface area contributed by atoms with Gasteiger partial charge in [0, 0.05) is 13.2 Å². The maximum atomic E-state index is 5.63. The topological polar surface area (TPSA) is 102 Å². The summed E-state index contributed by atoms with van der Waals surface area (Å²) < 4.78 is 5.61. The predicted octanol–water partition coefficient (Wildman–Crippen LogP) is 1.16. The molecule has 2 aromatic heterocycles. The normalized spacial score (nSPS) is 11.9. The van der Waals surface area contributed by atoms with Gasteiger partial charge in [0.15, 0.2) is 11.5 Å². The standard InChI is InChI=1S/C11H18N6O/c1-4-18-11(2,3)5-13-8-7-9(15-6-14-7)17-10(12)16-8/h6H,4-5H2,1-3H3,(H4,12,13,14,15,16,17). The Balaban J connectivity index is 2.19. The number of aromatic amines is 1. The van der Waals surface area contributed by atoms with Gasteiger partial charge in [0.25, 0.3) is 0 Å². The number of nitrogens with one attached hydrogen (secondary N) is 2. The van der Waals surface area contributed by atoms with Crippen LogP contribution in [-0.2, 0) is 4.74 Å². The summed E-state index contributed by atoms with van der Waals surface area (Å²) in [6.07, 6.45) is 1.57. The summed E-state index contributed by atoms with van der Waals surface area (Å²) >= 11 is 0. The van der Waals surface area contributed by atoms with Crippen molar-refractivity contribution in [1.82, 2.24) is 19.9 Å². The van der Waals surface area contributed by atoms with Crippen molar-refractivity contribution >= 4 is 22.9 Å². The monoisotopic (exact) mass is 250 g/mol. The van der Waals surface area contributed by atoms with Crippen LogP contribution in [-0.4, -0.2) is 38.7 Å². The number of H-pyrrole nitrogens is 1. The Hall–Kier alpha value is -1.89. The van der Waals surface area contributed by atoms with E-state index >= 15 is 0 Å². The van der Waals surface area contributed by atoms with E-state index in [2.05, 4.69) is 25.3 Å². The minimum atomic E-state index is -0.277. The second-order valence-corrected chi connectivity index (χ2v) is 4.58. The summed E-state index contributed by atoms with van der Waals surface area (Å²) in [6, 6.07) is 0. The average molecular weight is 250 g/mol. The fourth-order valence-corrected chi connectivity index (χ4v) is 1.72. The molecule has 0 unspecified atom stereocenters. The molecule has 0 aliphatic rings. The molecule has 7 nitrogen and oxygen atoms in total. The maximum Gasteiger partial charge on any atom is 0.224 e. The van der Waals surface area contributed by atoms with Crippen molar-refractivity contribution in [2.75, 3.05) is 24.2 Å². The van der Waals surface area contributed by atoms with Crippen molar-refractivity contribution in [3.63, 3.8) is 0 Å². The maximum absolute atomic E-state index is 5.63. The number of hydrogen-bond donors (Lipinski definition) is 3. The zero-order valence-corrected chi connectivity index (χ0v) is 10.8. The number of ether oxygens (including phenoxy) is 1. The van der Waals surface area contributed by atoms with Crippen LogP contribution in [0.25, 0.3) is 11.2 Å². The van der Waals surface area contributed by atoms with Crippen LogP contribution >= 0.6 is 0 Å². The number of nitrogens with two attached hydrogens (primary N) is 1. The van der Waals surface area contributed by atoms with Crippen LogP contribution in [0, 0.1) is 0 Å². The molecule has 0 aliphatic carbocycles. The number of hydrogen-bond acceptors (Lipinski definition) is 6. The van der Waals surface area contributed by atoms with Crippen LogP contribution in [0.15, 0.2) is 6.33 Å². The Kier molecular flexibility index (Phi) is 3.33. The average Bonchev–Trinajstić information content (AvgIpc) is 2.73. The number of rotatable bonds is 5. The Labute approximate surface area is 105 Å². The van der Waals surface area contributed by atoms with Gasteiger partial charge in [-0.05, 0) is 20.8 Å². The van der Waals surface area contributed by atoms with Crippen LogP contribution in [0.1, 0.15) is 20.8 Å². The lowest BCUT2D eigenvalue weighted by atomic mass is 10.1. The summed E-state index contributed by atoms with van der Waals surface area (Å²) in [5.74, 6) is 0.842. The second-order valence-electron chi connectivity index (χ2n) is 4.58. The highest BCUT2D eigenvalue weighted by Crippen LogP contribution is 2.18. The summed E-state index contributed by atoms with van der Waals surface area (Å²) in [5.41, 5.74) is 6.66. The van der Waals surface area contributed by atoms with E-state index in [4.69, 9.17) is 10.5 Å². The lowest BCUT2D eigenvalue weighted by Gasteiger charge is -2.25. The highest BCUT2D eigenvalue weighted by molar-refractivity contribution is 5.83. The molecule has 2 rings (SSSR count). The molecule has 2 aromatic rings. The Morgan fingerprint density at radius 1 is 1.44 bits per heavy atom. The van der Waals surface area contributed by atoms with E-state index in [1.165, 1.54) is 0 Å². The van der Waals surface area contributed by atoms with E-state index in [-0.39, 0.29) is 11.5 Å². The molecule has 18 heavy (non-hydrogen) atoms. The summed E-state index contributed by atoms with van der Waals surface area (Å²) in [7, 11) is 0. The van der Waals surface area contributed by atoms with Crippen molar-refractivity contribution in [1.29, 1.82) is 0 Å². The van der Waals surface area contributed by atoms with Crippen molar-refractivity contribution in [3.8, 4) is 0 Å². The summed E-state index contributed by atoms with van der Waals surface area (Å²) in [6.45, 7) is 7.28. The molecule has 0 radical (unpaired) electrons. The number of aromatic nitrogens is 4. The zero-order valence-electron chi connectivity index (χ0n) is 10.8. The number of imidazole rings is 1. The SMILES string of the molecule is CCOC(C)(C)CNc1nc(N)nc2nc[nH]c12. The summed E-state index contributed by atoms with van der Waals surface area (Å²) in [5, 5.41) is 3.21. The first-order valence-electron chi connectivity index (χ1n) is 5.86. The van der Waals surface area contributed by atoms with Crippen molar-refractivity contribution in [2.45, 2.75) is 26.4 Å². The fraction of sp³-hybridized carbons (Fsp3) is 0.545. The highest BCUT2D eigenvalue weighted by Gasteiger charge is 2.18. The third kappa shape index (κ3) is 2.67. The van der Waals surface area contributed by atoms with E-state index in [0.29, 0.717) is 24.6 Å². The molecule has 0 saturated heterocycles. The first-order valence-corrected chi connectivity index (χ1v) is 5.86. The van der Waals surface area contributed by atoms with E-state index in [1.54, 1.807) is 6.33 Å². The fourth-order valence-electron chi connectivity index (χ4n) is 1.72. The van der Waals surface area contributed by atoms with Gasteiger partial charge >= 0.3 is 0 Å². The molecular formula is C11H18N6O.